The first kappa shape index (κ1) is 17.3. The van der Waals surface area contributed by atoms with E-state index < -0.39 is 18.2 Å². The summed E-state index contributed by atoms with van der Waals surface area (Å²) >= 11 is 0. The summed E-state index contributed by atoms with van der Waals surface area (Å²) in [5, 5.41) is 9.26. The van der Waals surface area contributed by atoms with E-state index in [1.807, 2.05) is 24.3 Å². The van der Waals surface area contributed by atoms with E-state index in [4.69, 9.17) is 9.47 Å². The molecule has 144 valence electrons. The molecule has 6 nitrogen and oxygen atoms in total. The maximum absolute atomic E-state index is 12.7. The topological polar surface area (TPSA) is 76.1 Å². The highest BCUT2D eigenvalue weighted by Gasteiger charge is 2.46. The summed E-state index contributed by atoms with van der Waals surface area (Å²) in [4.78, 5) is 25.6. The van der Waals surface area contributed by atoms with Crippen molar-refractivity contribution in [2.24, 2.45) is 5.92 Å². The van der Waals surface area contributed by atoms with Crippen LogP contribution in [0.4, 0.5) is 4.79 Å². The largest absolute Gasteiger partial charge is 0.479 e. The van der Waals surface area contributed by atoms with Crippen LogP contribution in [0.2, 0.25) is 0 Å². The van der Waals surface area contributed by atoms with Gasteiger partial charge in [-0.15, -0.1) is 0 Å². The van der Waals surface area contributed by atoms with Gasteiger partial charge in [-0.25, -0.2) is 9.59 Å². The van der Waals surface area contributed by atoms with Crippen molar-refractivity contribution in [3.05, 3.63) is 59.7 Å². The fourth-order valence-corrected chi connectivity index (χ4v) is 4.82. The van der Waals surface area contributed by atoms with E-state index in [0.717, 1.165) is 0 Å². The predicted molar refractivity (Wildman–Crippen MR) is 101 cm³/mol. The average molecular weight is 379 g/mol. The second-order valence-corrected chi connectivity index (χ2v) is 7.72. The normalized spacial score (nSPS) is 25.3. The van der Waals surface area contributed by atoms with Gasteiger partial charge < -0.3 is 19.5 Å². The molecule has 2 aliphatic heterocycles. The number of rotatable bonds is 3. The van der Waals surface area contributed by atoms with Gasteiger partial charge in [-0.1, -0.05) is 48.5 Å². The van der Waals surface area contributed by atoms with Crippen molar-refractivity contribution in [1.82, 2.24) is 4.90 Å². The molecular weight excluding hydrogens is 358 g/mol. The molecule has 2 aromatic rings. The van der Waals surface area contributed by atoms with Crippen LogP contribution in [0.3, 0.4) is 0 Å². The SMILES string of the molecule is O=C(O)[C@@H]1O[C@H]2C[C@@H]1CN(C(=O)OCC1c3ccccc3-c3ccccc31)C2. The zero-order valence-corrected chi connectivity index (χ0v) is 15.3. The molecule has 5 rings (SSSR count). The van der Waals surface area contributed by atoms with Crippen LogP contribution in [-0.2, 0) is 14.3 Å². The van der Waals surface area contributed by atoms with Gasteiger partial charge in [0.25, 0.3) is 0 Å². The maximum atomic E-state index is 12.7. The lowest BCUT2D eigenvalue weighted by atomic mass is 9.95. The van der Waals surface area contributed by atoms with Crippen LogP contribution >= 0.6 is 0 Å². The first-order valence-corrected chi connectivity index (χ1v) is 9.60. The van der Waals surface area contributed by atoms with E-state index in [2.05, 4.69) is 24.3 Å². The lowest BCUT2D eigenvalue weighted by molar-refractivity contribution is -0.150. The second kappa shape index (κ2) is 6.63. The van der Waals surface area contributed by atoms with Crippen LogP contribution in [-0.4, -0.2) is 54.0 Å². The number of carboxylic acids is 1. The summed E-state index contributed by atoms with van der Waals surface area (Å²) in [5.41, 5.74) is 4.72. The molecule has 0 aromatic heterocycles. The Kier molecular flexibility index (Phi) is 4.09. The number of aliphatic carboxylic acids is 1. The van der Waals surface area contributed by atoms with Gasteiger partial charge in [0, 0.05) is 18.4 Å². The Labute approximate surface area is 162 Å². The standard InChI is InChI=1S/C22H21NO5/c24-21(25)20-13-9-14(28-20)11-23(10-13)22(26)27-12-19-17-7-3-1-5-15(17)16-6-2-4-8-18(16)19/h1-8,13-14,19-20H,9-12H2,(H,24,25)/t13-,14+,20-/m1/s1. The summed E-state index contributed by atoms with van der Waals surface area (Å²) in [6, 6.07) is 16.4. The number of benzene rings is 2. The number of hydrogen-bond donors (Lipinski definition) is 1. The Bertz CT molecular complexity index is 897. The molecule has 0 saturated carbocycles. The number of amides is 1. The molecule has 1 amide bonds. The third kappa shape index (κ3) is 2.76. The van der Waals surface area contributed by atoms with Crippen LogP contribution in [0.15, 0.2) is 48.5 Å². The zero-order valence-electron chi connectivity index (χ0n) is 15.3. The fraction of sp³-hybridized carbons (Fsp3) is 0.364. The number of carbonyl (C=O) groups is 2. The molecule has 2 heterocycles. The lowest BCUT2D eigenvalue weighted by Crippen LogP contribution is -2.44. The van der Waals surface area contributed by atoms with Gasteiger partial charge in [-0.2, -0.15) is 0 Å². The van der Waals surface area contributed by atoms with Crippen LogP contribution < -0.4 is 0 Å². The van der Waals surface area contributed by atoms with Crippen LogP contribution in [0.1, 0.15) is 23.5 Å². The number of ether oxygens (including phenoxy) is 2. The molecule has 0 radical (unpaired) electrons. The highest BCUT2D eigenvalue weighted by molar-refractivity contribution is 5.79. The lowest BCUT2D eigenvalue weighted by Gasteiger charge is -2.30. The van der Waals surface area contributed by atoms with Crippen molar-refractivity contribution in [3.63, 3.8) is 0 Å². The van der Waals surface area contributed by atoms with E-state index in [1.54, 1.807) is 4.90 Å². The van der Waals surface area contributed by atoms with E-state index in [1.165, 1.54) is 22.3 Å². The van der Waals surface area contributed by atoms with Gasteiger partial charge in [0.05, 0.1) is 12.6 Å². The number of piperidine rings is 1. The molecule has 2 aromatic carbocycles. The van der Waals surface area contributed by atoms with Gasteiger partial charge >= 0.3 is 12.1 Å². The number of carboxylic acid groups (broad SMARTS) is 1. The quantitative estimate of drug-likeness (QED) is 0.887. The first-order valence-electron chi connectivity index (χ1n) is 9.60. The Morgan fingerprint density at radius 1 is 1.04 bits per heavy atom. The van der Waals surface area contributed by atoms with E-state index >= 15 is 0 Å². The summed E-state index contributed by atoms with van der Waals surface area (Å²) in [6.07, 6.45) is -0.757. The van der Waals surface area contributed by atoms with Crippen molar-refractivity contribution in [2.75, 3.05) is 19.7 Å². The zero-order chi connectivity index (χ0) is 19.3. The van der Waals surface area contributed by atoms with E-state index in [9.17, 15) is 14.7 Å². The van der Waals surface area contributed by atoms with Gasteiger partial charge in [0.2, 0.25) is 0 Å². The summed E-state index contributed by atoms with van der Waals surface area (Å²) in [5.74, 6) is -1.11. The Hall–Kier alpha value is -2.86. The van der Waals surface area contributed by atoms with Crippen molar-refractivity contribution in [3.8, 4) is 11.1 Å². The van der Waals surface area contributed by atoms with Crippen molar-refractivity contribution >= 4 is 12.1 Å². The first-order chi connectivity index (χ1) is 13.6. The summed E-state index contributed by atoms with van der Waals surface area (Å²) in [6.45, 7) is 1.02. The number of nitrogens with zero attached hydrogens (tertiary/aromatic N) is 1. The van der Waals surface area contributed by atoms with Crippen molar-refractivity contribution < 1.29 is 24.2 Å². The van der Waals surface area contributed by atoms with Crippen LogP contribution in [0, 0.1) is 5.92 Å². The van der Waals surface area contributed by atoms with Gasteiger partial charge in [0.1, 0.15) is 6.61 Å². The van der Waals surface area contributed by atoms with Crippen molar-refractivity contribution in [2.45, 2.75) is 24.5 Å². The molecule has 3 atom stereocenters. The van der Waals surface area contributed by atoms with Crippen molar-refractivity contribution in [1.29, 1.82) is 0 Å². The summed E-state index contributed by atoms with van der Waals surface area (Å²) < 4.78 is 11.2. The number of likely N-dealkylation sites (tertiary alicyclic amines) is 1. The highest BCUT2D eigenvalue weighted by Crippen LogP contribution is 2.44. The molecule has 0 spiro atoms. The molecule has 28 heavy (non-hydrogen) atoms. The molecule has 1 N–H and O–H groups in total. The molecule has 2 saturated heterocycles. The second-order valence-electron chi connectivity index (χ2n) is 7.72. The summed E-state index contributed by atoms with van der Waals surface area (Å²) in [7, 11) is 0. The van der Waals surface area contributed by atoms with E-state index in [-0.39, 0.29) is 24.5 Å². The average Bonchev–Trinajstić information content (AvgIpc) is 3.20. The number of fused-ring (bicyclic) bond motifs is 5. The molecule has 2 bridgehead atoms. The molecule has 0 unspecified atom stereocenters. The predicted octanol–water partition coefficient (Wildman–Crippen LogP) is 3.11. The van der Waals surface area contributed by atoms with E-state index in [0.29, 0.717) is 19.5 Å². The molecule has 1 aliphatic carbocycles. The highest BCUT2D eigenvalue weighted by atomic mass is 16.6. The van der Waals surface area contributed by atoms with Crippen LogP contribution in [0.25, 0.3) is 11.1 Å². The van der Waals surface area contributed by atoms with Gasteiger partial charge in [-0.05, 0) is 28.7 Å². The Balaban J connectivity index is 1.30. The third-order valence-electron chi connectivity index (χ3n) is 6.05. The van der Waals surface area contributed by atoms with Crippen LogP contribution in [0.5, 0.6) is 0 Å². The minimum atomic E-state index is -0.957. The molecule has 3 aliphatic rings. The maximum Gasteiger partial charge on any atom is 0.409 e. The number of carbonyl (C=O) groups excluding carboxylic acids is 1. The Morgan fingerprint density at radius 3 is 2.32 bits per heavy atom. The monoisotopic (exact) mass is 379 g/mol. The minimum absolute atomic E-state index is 0.0147. The fourth-order valence-electron chi connectivity index (χ4n) is 4.82. The Morgan fingerprint density at radius 2 is 1.68 bits per heavy atom. The van der Waals surface area contributed by atoms with Gasteiger partial charge in [-0.3, -0.25) is 0 Å². The molecule has 2 fully saturated rings. The third-order valence-corrected chi connectivity index (χ3v) is 6.05. The van der Waals surface area contributed by atoms with Gasteiger partial charge in [0.15, 0.2) is 6.10 Å². The minimum Gasteiger partial charge on any atom is -0.479 e. The molecule has 6 heteroatoms. The smallest absolute Gasteiger partial charge is 0.409 e. The number of hydrogen-bond acceptors (Lipinski definition) is 4. The molecular formula is C22H21NO5.